The van der Waals surface area contributed by atoms with Crippen molar-refractivity contribution >= 4 is 24.1 Å². The van der Waals surface area contributed by atoms with Crippen LogP contribution in [0.25, 0.3) is 0 Å². The summed E-state index contributed by atoms with van der Waals surface area (Å²) in [6.07, 6.45) is -8.85. The quantitative estimate of drug-likeness (QED) is 0.427. The summed E-state index contributed by atoms with van der Waals surface area (Å²) in [6, 6.07) is 0. The van der Waals surface area contributed by atoms with E-state index in [4.69, 9.17) is 0 Å². The summed E-state index contributed by atoms with van der Waals surface area (Å²) < 4.78 is 72.3. The van der Waals surface area contributed by atoms with Crippen LogP contribution in [0.3, 0.4) is 0 Å². The van der Waals surface area contributed by atoms with Crippen molar-refractivity contribution in [3.05, 3.63) is 0 Å². The van der Waals surface area contributed by atoms with E-state index in [0.717, 1.165) is 0 Å². The Bertz CT molecular complexity index is 127. The van der Waals surface area contributed by atoms with Gasteiger partial charge >= 0.3 is 12.4 Å². The molecule has 80 valence electrons. The zero-order valence-electron chi connectivity index (χ0n) is 5.91. The van der Waals surface area contributed by atoms with Crippen LogP contribution >= 0.6 is 24.1 Å². The zero-order valence-corrected chi connectivity index (χ0v) is 7.54. The van der Waals surface area contributed by atoms with Crippen LogP contribution in [0.1, 0.15) is 0 Å². The van der Waals surface area contributed by atoms with Gasteiger partial charge in [0.05, 0.1) is 0 Å². The van der Waals surface area contributed by atoms with E-state index in [1.54, 1.807) is 0 Å². The number of hydrogen-bond acceptors (Lipinski definition) is 3. The molecule has 0 aliphatic rings. The highest BCUT2D eigenvalue weighted by atomic mass is 32.2. The maximum absolute atomic E-state index is 11.4. The van der Waals surface area contributed by atoms with Crippen molar-refractivity contribution in [1.29, 1.82) is 0 Å². The molecular weight excluding hydrogens is 242 g/mol. The van der Waals surface area contributed by atoms with Gasteiger partial charge in [0.1, 0.15) is 11.5 Å². The molecule has 0 bridgehead atoms. The average molecular weight is 246 g/mol. The lowest BCUT2D eigenvalue weighted by Crippen LogP contribution is -2.12. The second-order valence-electron chi connectivity index (χ2n) is 1.82. The van der Waals surface area contributed by atoms with Crippen LogP contribution in [0.2, 0.25) is 0 Å². The molecule has 0 saturated carbocycles. The minimum atomic E-state index is -4.43. The molecule has 13 heavy (non-hydrogen) atoms. The Hall–Kier alpha value is 0.240. The Balaban J connectivity index is 3.28. The van der Waals surface area contributed by atoms with Gasteiger partial charge in [-0.25, -0.2) is 3.63 Å². The first-order valence-corrected chi connectivity index (χ1v) is 4.57. The minimum absolute atomic E-state index is 0.0612. The van der Waals surface area contributed by atoms with Crippen molar-refractivity contribution in [2.75, 3.05) is 11.5 Å². The molecule has 0 radical (unpaired) electrons. The third-order valence-corrected chi connectivity index (χ3v) is 2.20. The fraction of sp³-hybridized carbons (Fsp3) is 1.00. The van der Waals surface area contributed by atoms with E-state index in [9.17, 15) is 26.3 Å². The van der Waals surface area contributed by atoms with E-state index in [2.05, 4.69) is 3.63 Å². The maximum Gasteiger partial charge on any atom is 0.400 e. The molecule has 0 saturated heterocycles. The third kappa shape index (κ3) is 12.2. The molecule has 0 spiro atoms. The summed E-state index contributed by atoms with van der Waals surface area (Å²) in [5, 5.41) is 0. The highest BCUT2D eigenvalue weighted by Gasteiger charge is 2.30. The second kappa shape index (κ2) is 5.20. The monoisotopic (exact) mass is 246 g/mol. The third-order valence-electron chi connectivity index (χ3n) is 0.541. The SMILES string of the molecule is FC(F)(F)CSOSCC(F)(F)F. The van der Waals surface area contributed by atoms with E-state index in [1.807, 2.05) is 0 Å². The van der Waals surface area contributed by atoms with Crippen LogP contribution in [-0.4, -0.2) is 23.9 Å². The second-order valence-corrected chi connectivity index (χ2v) is 3.42. The summed E-state index contributed by atoms with van der Waals surface area (Å²) in [5.74, 6) is -2.64. The van der Waals surface area contributed by atoms with Crippen LogP contribution in [0.4, 0.5) is 26.3 Å². The van der Waals surface area contributed by atoms with Crippen molar-refractivity contribution in [2.45, 2.75) is 12.4 Å². The Morgan fingerprint density at radius 1 is 0.769 bits per heavy atom. The molecule has 1 nitrogen and oxygen atoms in total. The molecule has 0 unspecified atom stereocenters. The van der Waals surface area contributed by atoms with Gasteiger partial charge < -0.3 is 0 Å². The number of rotatable bonds is 4. The summed E-state index contributed by atoms with van der Waals surface area (Å²) >= 11 is -0.122. The van der Waals surface area contributed by atoms with Gasteiger partial charge in [0.15, 0.2) is 0 Å². The van der Waals surface area contributed by atoms with Crippen molar-refractivity contribution in [1.82, 2.24) is 0 Å². The molecule has 0 aliphatic carbocycles. The van der Waals surface area contributed by atoms with Crippen LogP contribution < -0.4 is 0 Å². The lowest BCUT2D eigenvalue weighted by atomic mass is 10.8. The number of alkyl halides is 6. The van der Waals surface area contributed by atoms with Crippen molar-refractivity contribution in [3.63, 3.8) is 0 Å². The van der Waals surface area contributed by atoms with Crippen molar-refractivity contribution < 1.29 is 30.0 Å². The zero-order chi connectivity index (χ0) is 10.5. The first-order chi connectivity index (χ1) is 5.71. The van der Waals surface area contributed by atoms with Crippen molar-refractivity contribution in [2.24, 2.45) is 0 Å². The van der Waals surface area contributed by atoms with Gasteiger partial charge in [-0.05, 0) is 0 Å². The summed E-state index contributed by atoms with van der Waals surface area (Å²) in [5.41, 5.74) is 0. The smallest absolute Gasteiger partial charge is 0.247 e. The van der Waals surface area contributed by atoms with Gasteiger partial charge in [0.25, 0.3) is 0 Å². The molecule has 0 heterocycles. The molecule has 0 aromatic heterocycles. The van der Waals surface area contributed by atoms with E-state index < -0.39 is 23.9 Å². The Labute approximate surface area is 78.6 Å². The molecule has 0 fully saturated rings. The standard InChI is InChI=1S/C4H4F6OS2/c5-3(6,7)1-12-11-13-2-4(8,9)10/h1-2H2. The van der Waals surface area contributed by atoms with E-state index in [1.165, 1.54) is 0 Å². The molecule has 0 aliphatic heterocycles. The fourth-order valence-corrected chi connectivity index (χ4v) is 1.14. The highest BCUT2D eigenvalue weighted by molar-refractivity contribution is 8.07. The Morgan fingerprint density at radius 3 is 1.31 bits per heavy atom. The predicted octanol–water partition coefficient (Wildman–Crippen LogP) is 3.42. The summed E-state index contributed by atoms with van der Waals surface area (Å²) in [7, 11) is 0. The van der Waals surface area contributed by atoms with E-state index >= 15 is 0 Å². The average Bonchev–Trinajstić information content (AvgIpc) is 1.81. The van der Waals surface area contributed by atoms with E-state index in [-0.39, 0.29) is 24.1 Å². The van der Waals surface area contributed by atoms with Crippen LogP contribution in [0.5, 0.6) is 0 Å². The van der Waals surface area contributed by atoms with Crippen LogP contribution in [0, 0.1) is 0 Å². The molecule has 9 heteroatoms. The maximum atomic E-state index is 11.4. The van der Waals surface area contributed by atoms with Crippen LogP contribution in [-0.2, 0) is 3.63 Å². The van der Waals surface area contributed by atoms with Gasteiger partial charge in [0, 0.05) is 24.1 Å². The molecule has 0 N–H and O–H groups in total. The van der Waals surface area contributed by atoms with Gasteiger partial charge in [-0.1, -0.05) is 0 Å². The first-order valence-electron chi connectivity index (χ1n) is 2.75. The van der Waals surface area contributed by atoms with Gasteiger partial charge in [-0.3, -0.25) is 0 Å². The Morgan fingerprint density at radius 2 is 1.08 bits per heavy atom. The molecule has 0 aromatic carbocycles. The molecule has 0 rings (SSSR count). The van der Waals surface area contributed by atoms with Crippen molar-refractivity contribution in [3.8, 4) is 0 Å². The highest BCUT2D eigenvalue weighted by Crippen LogP contribution is 2.28. The molecule has 0 atom stereocenters. The fourth-order valence-electron chi connectivity index (χ4n) is 0.216. The lowest BCUT2D eigenvalue weighted by molar-refractivity contribution is -0.105. The van der Waals surface area contributed by atoms with Gasteiger partial charge in [-0.2, -0.15) is 26.3 Å². The largest absolute Gasteiger partial charge is 0.400 e. The first kappa shape index (κ1) is 13.2. The molecular formula is C4H4F6OS2. The lowest BCUT2D eigenvalue weighted by Gasteiger charge is -2.06. The predicted molar refractivity (Wildman–Crippen MR) is 38.1 cm³/mol. The van der Waals surface area contributed by atoms with Gasteiger partial charge in [0.2, 0.25) is 0 Å². The minimum Gasteiger partial charge on any atom is -0.247 e. The van der Waals surface area contributed by atoms with Gasteiger partial charge in [-0.15, -0.1) is 0 Å². The summed E-state index contributed by atoms with van der Waals surface area (Å²) in [6.45, 7) is 0. The van der Waals surface area contributed by atoms with E-state index in [0.29, 0.717) is 0 Å². The molecule has 0 amide bonds. The number of hydrogen-bond donors (Lipinski definition) is 0. The Kier molecular flexibility index (Phi) is 5.30. The molecule has 0 aromatic rings. The normalized spacial score (nSPS) is 13.4. The van der Waals surface area contributed by atoms with Crippen LogP contribution in [0.15, 0.2) is 0 Å². The topological polar surface area (TPSA) is 9.23 Å². The summed E-state index contributed by atoms with van der Waals surface area (Å²) in [4.78, 5) is 0. The number of halogens is 6.